The summed E-state index contributed by atoms with van der Waals surface area (Å²) in [5.41, 5.74) is 0. The highest BCUT2D eigenvalue weighted by atomic mass is 32.1. The Hall–Kier alpha value is -1.07. The predicted octanol–water partition coefficient (Wildman–Crippen LogP) is 0.570. The lowest BCUT2D eigenvalue weighted by molar-refractivity contribution is -0.928. The Bertz CT molecular complexity index is 353. The molecule has 0 radical (unpaired) electrons. The van der Waals surface area contributed by atoms with Gasteiger partial charge in [0.2, 0.25) is 0 Å². The molecule has 1 aromatic heterocycles. The summed E-state index contributed by atoms with van der Waals surface area (Å²) in [5.74, 6) is 1.03. The van der Waals surface area contributed by atoms with Crippen molar-refractivity contribution in [3.05, 3.63) is 24.2 Å². The van der Waals surface area contributed by atoms with E-state index in [1.807, 2.05) is 12.1 Å². The van der Waals surface area contributed by atoms with Crippen LogP contribution in [0.15, 0.2) is 22.8 Å². The van der Waals surface area contributed by atoms with Gasteiger partial charge >= 0.3 is 0 Å². The first-order chi connectivity index (χ1) is 8.29. The van der Waals surface area contributed by atoms with Gasteiger partial charge in [0.15, 0.2) is 24.2 Å². The Kier molecular flexibility index (Phi) is 4.39. The molecule has 1 saturated heterocycles. The summed E-state index contributed by atoms with van der Waals surface area (Å²) in [7, 11) is 0. The van der Waals surface area contributed by atoms with Crippen LogP contribution in [0.25, 0.3) is 0 Å². The smallest absolute Gasteiger partial charge is 0.177 e. The van der Waals surface area contributed by atoms with Crippen molar-refractivity contribution >= 4 is 17.3 Å². The number of rotatable bonds is 5. The number of quaternary nitrogens is 1. The van der Waals surface area contributed by atoms with Crippen molar-refractivity contribution in [1.82, 2.24) is 10.2 Å². The fraction of sp³-hybridized carbons (Fsp3) is 0.583. The molecular formula is C12H20N3OS+. The standard InChI is InChI=1S/C12H19N3OS/c1-2-3-6-15-10-14(9-13-12(15)17)8-11-5-4-7-16-11/h4-5,7H,2-3,6,8-10H2,1H3,(H,13,17)/p+1. The zero-order valence-corrected chi connectivity index (χ0v) is 11.1. The first kappa shape index (κ1) is 12.4. The molecule has 0 saturated carbocycles. The van der Waals surface area contributed by atoms with Gasteiger partial charge in [-0.3, -0.25) is 4.90 Å². The van der Waals surface area contributed by atoms with Gasteiger partial charge in [-0.15, -0.1) is 0 Å². The van der Waals surface area contributed by atoms with E-state index in [1.54, 1.807) is 6.26 Å². The zero-order chi connectivity index (χ0) is 12.1. The summed E-state index contributed by atoms with van der Waals surface area (Å²) in [6.45, 7) is 6.00. The van der Waals surface area contributed by atoms with Gasteiger partial charge in [0.05, 0.1) is 6.26 Å². The summed E-state index contributed by atoms with van der Waals surface area (Å²) in [4.78, 5) is 3.69. The molecule has 17 heavy (non-hydrogen) atoms. The Morgan fingerprint density at radius 3 is 3.18 bits per heavy atom. The van der Waals surface area contributed by atoms with Gasteiger partial charge in [0.25, 0.3) is 0 Å². The van der Waals surface area contributed by atoms with Gasteiger partial charge in [0, 0.05) is 6.54 Å². The minimum Gasteiger partial charge on any atom is -0.463 e. The summed E-state index contributed by atoms with van der Waals surface area (Å²) in [6.07, 6.45) is 4.12. The van der Waals surface area contributed by atoms with E-state index in [1.165, 1.54) is 17.7 Å². The molecule has 1 aromatic rings. The lowest BCUT2D eigenvalue weighted by Crippen LogP contribution is -3.16. The molecule has 0 aromatic carbocycles. The molecule has 1 aliphatic heterocycles. The normalized spacial score (nSPS) is 20.4. The fourth-order valence-corrected chi connectivity index (χ4v) is 2.25. The third-order valence-corrected chi connectivity index (χ3v) is 3.38. The van der Waals surface area contributed by atoms with E-state index in [9.17, 15) is 0 Å². The molecule has 1 unspecified atom stereocenters. The Labute approximate surface area is 108 Å². The molecule has 2 rings (SSSR count). The molecule has 5 heteroatoms. The molecule has 1 atom stereocenters. The molecule has 0 aliphatic carbocycles. The second kappa shape index (κ2) is 6.02. The first-order valence-corrected chi connectivity index (χ1v) is 6.59. The van der Waals surface area contributed by atoms with Crippen LogP contribution in [0.5, 0.6) is 0 Å². The van der Waals surface area contributed by atoms with E-state index < -0.39 is 0 Å². The number of thiocarbonyl (C=S) groups is 1. The van der Waals surface area contributed by atoms with Gasteiger partial charge in [-0.05, 0) is 30.8 Å². The van der Waals surface area contributed by atoms with Crippen molar-refractivity contribution in [3.8, 4) is 0 Å². The summed E-state index contributed by atoms with van der Waals surface area (Å²) < 4.78 is 5.38. The highest BCUT2D eigenvalue weighted by Gasteiger charge is 2.23. The molecule has 1 fully saturated rings. The van der Waals surface area contributed by atoms with Gasteiger partial charge < -0.3 is 14.6 Å². The van der Waals surface area contributed by atoms with Crippen molar-refractivity contribution < 1.29 is 9.32 Å². The Balaban J connectivity index is 1.86. The zero-order valence-electron chi connectivity index (χ0n) is 10.2. The molecule has 4 nitrogen and oxygen atoms in total. The van der Waals surface area contributed by atoms with Crippen LogP contribution >= 0.6 is 12.2 Å². The van der Waals surface area contributed by atoms with Crippen LogP contribution in [-0.4, -0.2) is 29.9 Å². The van der Waals surface area contributed by atoms with Gasteiger partial charge in [-0.2, -0.15) is 0 Å². The number of furan rings is 1. The van der Waals surface area contributed by atoms with Gasteiger partial charge in [-0.1, -0.05) is 13.3 Å². The maximum absolute atomic E-state index is 5.38. The van der Waals surface area contributed by atoms with Gasteiger partial charge in [-0.25, -0.2) is 0 Å². The van der Waals surface area contributed by atoms with Crippen molar-refractivity contribution in [1.29, 1.82) is 0 Å². The van der Waals surface area contributed by atoms with Crippen molar-refractivity contribution in [2.24, 2.45) is 0 Å². The number of hydrogen-bond acceptors (Lipinski definition) is 2. The summed E-state index contributed by atoms with van der Waals surface area (Å²) in [5, 5.41) is 4.17. The van der Waals surface area contributed by atoms with Crippen molar-refractivity contribution in [2.45, 2.75) is 26.3 Å². The van der Waals surface area contributed by atoms with E-state index in [2.05, 4.69) is 17.1 Å². The van der Waals surface area contributed by atoms with Crippen LogP contribution < -0.4 is 10.2 Å². The van der Waals surface area contributed by atoms with Crippen LogP contribution in [0, 0.1) is 0 Å². The number of hydrogen-bond donors (Lipinski definition) is 2. The lowest BCUT2D eigenvalue weighted by Gasteiger charge is -2.34. The van der Waals surface area contributed by atoms with Crippen LogP contribution in [0.2, 0.25) is 0 Å². The van der Waals surface area contributed by atoms with Crippen LogP contribution in [0.1, 0.15) is 25.5 Å². The molecular weight excluding hydrogens is 234 g/mol. The van der Waals surface area contributed by atoms with E-state index >= 15 is 0 Å². The molecule has 94 valence electrons. The number of unbranched alkanes of at least 4 members (excludes halogenated alkanes) is 1. The summed E-state index contributed by atoms with van der Waals surface area (Å²) in [6, 6.07) is 3.96. The SMILES string of the molecule is CCCCN1C[NH+](Cc2ccco2)CNC1=S. The van der Waals surface area contributed by atoms with E-state index in [0.717, 1.165) is 37.3 Å². The third-order valence-electron chi connectivity index (χ3n) is 2.98. The molecule has 0 spiro atoms. The highest BCUT2D eigenvalue weighted by molar-refractivity contribution is 7.80. The molecule has 2 heterocycles. The Morgan fingerprint density at radius 2 is 2.47 bits per heavy atom. The third kappa shape index (κ3) is 3.44. The number of nitrogens with one attached hydrogen (secondary N) is 2. The fourth-order valence-electron chi connectivity index (χ4n) is 2.02. The van der Waals surface area contributed by atoms with E-state index in [0.29, 0.717) is 0 Å². The highest BCUT2D eigenvalue weighted by Crippen LogP contribution is 1.99. The molecule has 1 aliphatic rings. The van der Waals surface area contributed by atoms with Crippen LogP contribution in [-0.2, 0) is 6.54 Å². The quantitative estimate of drug-likeness (QED) is 0.753. The van der Waals surface area contributed by atoms with Crippen molar-refractivity contribution in [3.63, 3.8) is 0 Å². The van der Waals surface area contributed by atoms with Gasteiger partial charge in [0.1, 0.15) is 6.54 Å². The monoisotopic (exact) mass is 254 g/mol. The lowest BCUT2D eigenvalue weighted by atomic mass is 10.3. The maximum atomic E-state index is 5.38. The number of nitrogens with zero attached hydrogens (tertiary/aromatic N) is 1. The van der Waals surface area contributed by atoms with Crippen LogP contribution in [0.4, 0.5) is 0 Å². The first-order valence-electron chi connectivity index (χ1n) is 6.18. The second-order valence-electron chi connectivity index (χ2n) is 4.44. The van der Waals surface area contributed by atoms with E-state index in [-0.39, 0.29) is 0 Å². The predicted molar refractivity (Wildman–Crippen MR) is 70.5 cm³/mol. The summed E-state index contributed by atoms with van der Waals surface area (Å²) >= 11 is 5.32. The molecule has 0 bridgehead atoms. The molecule has 0 amide bonds. The average molecular weight is 254 g/mol. The average Bonchev–Trinajstić information content (AvgIpc) is 2.82. The van der Waals surface area contributed by atoms with E-state index in [4.69, 9.17) is 16.6 Å². The Morgan fingerprint density at radius 1 is 1.59 bits per heavy atom. The largest absolute Gasteiger partial charge is 0.463 e. The van der Waals surface area contributed by atoms with Crippen molar-refractivity contribution in [2.75, 3.05) is 19.9 Å². The van der Waals surface area contributed by atoms with Crippen LogP contribution in [0.3, 0.4) is 0 Å². The second-order valence-corrected chi connectivity index (χ2v) is 4.83. The minimum absolute atomic E-state index is 0.877. The minimum atomic E-state index is 0.877. The maximum Gasteiger partial charge on any atom is 0.177 e. The molecule has 2 N–H and O–H groups in total. The topological polar surface area (TPSA) is 32.9 Å².